The number of benzene rings is 2. The molecule has 2 aliphatic heterocycles. The van der Waals surface area contributed by atoms with Crippen LogP contribution in [0.15, 0.2) is 47.0 Å². The molecule has 2 bridgehead atoms. The van der Waals surface area contributed by atoms with E-state index < -0.39 is 29.5 Å². The predicted octanol–water partition coefficient (Wildman–Crippen LogP) is 6.34. The molecule has 3 aromatic rings. The maximum atomic E-state index is 15.5. The molecular formula is C29H29ClFNO6. The highest BCUT2D eigenvalue weighted by molar-refractivity contribution is 6.30. The van der Waals surface area contributed by atoms with E-state index >= 15 is 4.39 Å². The highest BCUT2D eigenvalue weighted by Gasteiger charge is 2.51. The lowest BCUT2D eigenvalue weighted by atomic mass is 9.62. The summed E-state index contributed by atoms with van der Waals surface area (Å²) in [6, 6.07) is 12.1. The number of halogens is 2. The van der Waals surface area contributed by atoms with Crippen LogP contribution in [0.4, 0.5) is 4.39 Å². The lowest BCUT2D eigenvalue weighted by molar-refractivity contribution is -0.175. The Morgan fingerprint density at radius 1 is 1.16 bits per heavy atom. The van der Waals surface area contributed by atoms with Gasteiger partial charge < -0.3 is 19.1 Å². The predicted molar refractivity (Wildman–Crippen MR) is 137 cm³/mol. The Morgan fingerprint density at radius 3 is 2.47 bits per heavy atom. The van der Waals surface area contributed by atoms with Gasteiger partial charge >= 0.3 is 11.9 Å². The minimum absolute atomic E-state index is 0.00902. The molecule has 1 aliphatic carbocycles. The number of ether oxygens (including phenoxy) is 2. The zero-order valence-electron chi connectivity index (χ0n) is 21.3. The van der Waals surface area contributed by atoms with Gasteiger partial charge in [-0.2, -0.15) is 0 Å². The lowest BCUT2D eigenvalue weighted by Gasteiger charge is -2.53. The molecule has 1 atom stereocenters. The van der Waals surface area contributed by atoms with E-state index in [2.05, 4.69) is 5.16 Å². The van der Waals surface area contributed by atoms with Crippen molar-refractivity contribution in [1.82, 2.24) is 5.16 Å². The summed E-state index contributed by atoms with van der Waals surface area (Å²) in [4.78, 5) is 24.0. The highest BCUT2D eigenvalue weighted by atomic mass is 35.5. The minimum Gasteiger partial charge on any atom is -0.481 e. The van der Waals surface area contributed by atoms with E-state index in [1.807, 2.05) is 6.07 Å². The summed E-state index contributed by atoms with van der Waals surface area (Å²) >= 11 is 5.93. The van der Waals surface area contributed by atoms with Crippen molar-refractivity contribution in [1.29, 1.82) is 0 Å². The summed E-state index contributed by atoms with van der Waals surface area (Å²) in [6.07, 6.45) is 2.13. The molecule has 9 heteroatoms. The molecule has 0 spiro atoms. The van der Waals surface area contributed by atoms with Gasteiger partial charge in [0.25, 0.3) is 0 Å². The van der Waals surface area contributed by atoms with Gasteiger partial charge in [-0.25, -0.2) is 4.39 Å². The lowest BCUT2D eigenvalue weighted by Crippen LogP contribution is -2.54. The number of fused-ring (bicyclic) bond motifs is 3. The van der Waals surface area contributed by atoms with Crippen LogP contribution in [0, 0.1) is 12.7 Å². The van der Waals surface area contributed by atoms with Crippen molar-refractivity contribution in [3.63, 3.8) is 0 Å². The fourth-order valence-electron chi connectivity index (χ4n) is 5.66. The van der Waals surface area contributed by atoms with Crippen LogP contribution in [0.2, 0.25) is 5.02 Å². The third-order valence-corrected chi connectivity index (χ3v) is 8.28. The molecule has 2 saturated heterocycles. The number of carbonyl (C=O) groups is 2. The summed E-state index contributed by atoms with van der Waals surface area (Å²) < 4.78 is 32.6. The van der Waals surface area contributed by atoms with Gasteiger partial charge in [0, 0.05) is 16.0 Å². The first kappa shape index (κ1) is 26.4. The average Bonchev–Trinajstić information content (AvgIpc) is 3.24. The second-order valence-electron chi connectivity index (χ2n) is 10.5. The van der Waals surface area contributed by atoms with Gasteiger partial charge in [0.2, 0.25) is 0 Å². The zero-order chi connectivity index (χ0) is 27.1. The quantitative estimate of drug-likeness (QED) is 0.332. The standard InChI is InChI=1S/C29H29ClFNO6/c1-17-23(14-26(35)37-18(2)19-3-6-21(30)7-4-19)27(38-32-17)22-8-5-20(13-24(22)31)28-9-11-29(12-10-28,36-16-28)15-25(33)34/h3-8,13,18H,9-12,14-16H2,1-2H3,(H,33,34). The summed E-state index contributed by atoms with van der Waals surface area (Å²) in [5.41, 5.74) is 1.84. The summed E-state index contributed by atoms with van der Waals surface area (Å²) in [5, 5.41) is 13.8. The topological polar surface area (TPSA) is 98.9 Å². The smallest absolute Gasteiger partial charge is 0.311 e. The van der Waals surface area contributed by atoms with E-state index in [1.54, 1.807) is 44.2 Å². The highest BCUT2D eigenvalue weighted by Crippen LogP contribution is 2.52. The largest absolute Gasteiger partial charge is 0.481 e. The second-order valence-corrected chi connectivity index (χ2v) is 10.9. The normalized spacial score (nSPS) is 23.3. The number of carboxylic acids is 1. The van der Waals surface area contributed by atoms with Crippen LogP contribution in [0.1, 0.15) is 67.5 Å². The van der Waals surface area contributed by atoms with Crippen LogP contribution < -0.4 is 0 Å². The molecule has 200 valence electrons. The van der Waals surface area contributed by atoms with Gasteiger partial charge in [-0.15, -0.1) is 0 Å². The molecular weight excluding hydrogens is 513 g/mol. The van der Waals surface area contributed by atoms with Crippen molar-refractivity contribution in [3.05, 3.63) is 75.7 Å². The first-order valence-electron chi connectivity index (χ1n) is 12.7. The molecule has 0 amide bonds. The Balaban J connectivity index is 1.32. The molecule has 0 radical (unpaired) electrons. The molecule has 1 N–H and O–H groups in total. The van der Waals surface area contributed by atoms with Crippen molar-refractivity contribution < 1.29 is 33.1 Å². The third-order valence-electron chi connectivity index (χ3n) is 8.03. The van der Waals surface area contributed by atoms with Gasteiger partial charge in [-0.1, -0.05) is 35.0 Å². The number of nitrogens with zero attached hydrogens (tertiary/aromatic N) is 1. The van der Waals surface area contributed by atoms with E-state index in [0.717, 1.165) is 24.0 Å². The summed E-state index contributed by atoms with van der Waals surface area (Å²) in [6.45, 7) is 3.84. The van der Waals surface area contributed by atoms with Crippen molar-refractivity contribution in [2.45, 2.75) is 69.5 Å². The van der Waals surface area contributed by atoms with E-state index in [-0.39, 0.29) is 29.6 Å². The minimum atomic E-state index is -0.865. The Hall–Kier alpha value is -3.23. The first-order valence-corrected chi connectivity index (χ1v) is 13.0. The zero-order valence-corrected chi connectivity index (χ0v) is 22.0. The van der Waals surface area contributed by atoms with Crippen molar-refractivity contribution in [2.24, 2.45) is 0 Å². The van der Waals surface area contributed by atoms with Crippen molar-refractivity contribution in [3.8, 4) is 11.3 Å². The second kappa shape index (κ2) is 10.2. The van der Waals surface area contributed by atoms with Gasteiger partial charge in [0.05, 0.1) is 36.3 Å². The number of hydrogen-bond acceptors (Lipinski definition) is 6. The van der Waals surface area contributed by atoms with Crippen LogP contribution in [-0.4, -0.2) is 34.4 Å². The average molecular weight is 542 g/mol. The van der Waals surface area contributed by atoms with Gasteiger partial charge in [-0.05, 0) is 74.9 Å². The number of rotatable bonds is 8. The van der Waals surface area contributed by atoms with Crippen molar-refractivity contribution >= 4 is 23.5 Å². The molecule has 1 unspecified atom stereocenters. The molecule has 3 aliphatic rings. The fourth-order valence-corrected chi connectivity index (χ4v) is 5.79. The third kappa shape index (κ3) is 5.07. The monoisotopic (exact) mass is 541 g/mol. The summed E-state index contributed by atoms with van der Waals surface area (Å²) in [7, 11) is 0. The number of hydrogen-bond donors (Lipinski definition) is 1. The maximum Gasteiger partial charge on any atom is 0.311 e. The Bertz CT molecular complexity index is 1340. The van der Waals surface area contributed by atoms with E-state index in [0.29, 0.717) is 35.7 Å². The number of carbonyl (C=O) groups excluding carboxylic acids is 1. The molecule has 1 saturated carbocycles. The number of aliphatic carboxylic acids is 1. The molecule has 3 heterocycles. The number of aryl methyl sites for hydroxylation is 1. The molecule has 38 heavy (non-hydrogen) atoms. The molecule has 2 aromatic carbocycles. The Kier molecular flexibility index (Phi) is 7.05. The van der Waals surface area contributed by atoms with E-state index in [1.165, 1.54) is 6.07 Å². The van der Waals surface area contributed by atoms with Crippen LogP contribution in [0.3, 0.4) is 0 Å². The molecule has 6 rings (SSSR count). The van der Waals surface area contributed by atoms with Crippen LogP contribution in [0.5, 0.6) is 0 Å². The van der Waals surface area contributed by atoms with Crippen molar-refractivity contribution in [2.75, 3.05) is 6.61 Å². The SMILES string of the molecule is Cc1noc(-c2ccc(C34CCC(CC(=O)O)(CC3)OC4)cc2F)c1CC(=O)OC(C)c1ccc(Cl)cc1. The van der Waals surface area contributed by atoms with Crippen LogP contribution >= 0.6 is 11.6 Å². The summed E-state index contributed by atoms with van der Waals surface area (Å²) in [5.74, 6) is -1.63. The Labute approximate surface area is 224 Å². The van der Waals surface area contributed by atoms with Crippen LogP contribution in [-0.2, 0) is 30.9 Å². The number of esters is 1. The number of aromatic nitrogens is 1. The maximum absolute atomic E-state index is 15.5. The van der Waals surface area contributed by atoms with Crippen LogP contribution in [0.25, 0.3) is 11.3 Å². The van der Waals surface area contributed by atoms with Gasteiger partial charge in [0.15, 0.2) is 5.76 Å². The molecule has 3 fully saturated rings. The molecule has 7 nitrogen and oxygen atoms in total. The van der Waals surface area contributed by atoms with E-state index in [9.17, 15) is 14.7 Å². The molecule has 1 aromatic heterocycles. The van der Waals surface area contributed by atoms with Gasteiger partial charge in [-0.3, -0.25) is 9.59 Å². The van der Waals surface area contributed by atoms with E-state index in [4.69, 9.17) is 25.6 Å². The fraction of sp³-hybridized carbons (Fsp3) is 0.414. The number of carboxylic acid groups (broad SMARTS) is 1. The van der Waals surface area contributed by atoms with Gasteiger partial charge in [0.1, 0.15) is 11.9 Å². The first-order chi connectivity index (χ1) is 18.1. The Morgan fingerprint density at radius 2 is 1.87 bits per heavy atom.